The van der Waals surface area contributed by atoms with Gasteiger partial charge in [0, 0.05) is 21.3 Å². The van der Waals surface area contributed by atoms with Crippen molar-refractivity contribution >= 4 is 35.1 Å². The highest BCUT2D eigenvalue weighted by atomic mass is 35.5. The smallest absolute Gasteiger partial charge is 0.293 e. The van der Waals surface area contributed by atoms with Crippen LogP contribution in [0.3, 0.4) is 0 Å². The van der Waals surface area contributed by atoms with Crippen LogP contribution in [0, 0.1) is 13.8 Å². The molecule has 4 rings (SSSR count). The van der Waals surface area contributed by atoms with Crippen molar-refractivity contribution in [3.8, 4) is 0 Å². The minimum atomic E-state index is -0.442. The van der Waals surface area contributed by atoms with Gasteiger partial charge >= 0.3 is 0 Å². The molecule has 154 valence electrons. The summed E-state index contributed by atoms with van der Waals surface area (Å²) >= 11 is 12.4. The first kappa shape index (κ1) is 20.2. The van der Waals surface area contributed by atoms with Gasteiger partial charge in [0.05, 0.1) is 18.8 Å². The fourth-order valence-corrected chi connectivity index (χ4v) is 3.52. The molecule has 3 aromatic heterocycles. The van der Waals surface area contributed by atoms with Crippen LogP contribution in [-0.4, -0.2) is 30.5 Å². The molecule has 1 N–H and O–H groups in total. The molecular weight excluding hydrogens is 427 g/mol. The van der Waals surface area contributed by atoms with Gasteiger partial charge in [0.25, 0.3) is 5.91 Å². The van der Waals surface area contributed by atoms with Crippen molar-refractivity contribution in [1.29, 1.82) is 0 Å². The van der Waals surface area contributed by atoms with Crippen LogP contribution in [-0.2, 0) is 13.1 Å². The van der Waals surface area contributed by atoms with Crippen LogP contribution in [0.1, 0.15) is 33.3 Å². The van der Waals surface area contributed by atoms with Gasteiger partial charge in [0.2, 0.25) is 5.95 Å². The number of benzene rings is 1. The molecule has 0 spiro atoms. The van der Waals surface area contributed by atoms with E-state index < -0.39 is 5.91 Å². The maximum absolute atomic E-state index is 12.5. The Labute approximate surface area is 182 Å². The molecule has 1 aromatic carbocycles. The van der Waals surface area contributed by atoms with Crippen LogP contribution in [0.4, 0.5) is 5.95 Å². The van der Waals surface area contributed by atoms with E-state index in [-0.39, 0.29) is 11.7 Å². The Morgan fingerprint density at radius 1 is 1.10 bits per heavy atom. The third-order valence-electron chi connectivity index (χ3n) is 4.44. The van der Waals surface area contributed by atoms with Crippen LogP contribution in [0.2, 0.25) is 10.0 Å². The van der Waals surface area contributed by atoms with Gasteiger partial charge in [-0.15, -0.1) is 5.10 Å². The highest BCUT2D eigenvalue weighted by molar-refractivity contribution is 6.35. The normalized spacial score (nSPS) is 11.1. The third kappa shape index (κ3) is 4.39. The number of carbonyl (C=O) groups is 1. The number of halogens is 2. The van der Waals surface area contributed by atoms with Crippen LogP contribution in [0.15, 0.2) is 47.1 Å². The minimum Gasteiger partial charge on any atom is -0.454 e. The zero-order valence-electron chi connectivity index (χ0n) is 16.3. The van der Waals surface area contributed by atoms with E-state index in [1.165, 1.54) is 6.33 Å². The Bertz CT molecular complexity index is 1190. The summed E-state index contributed by atoms with van der Waals surface area (Å²) in [6.07, 6.45) is 1.49. The summed E-state index contributed by atoms with van der Waals surface area (Å²) < 4.78 is 9.01. The van der Waals surface area contributed by atoms with E-state index in [9.17, 15) is 4.79 Å². The van der Waals surface area contributed by atoms with Gasteiger partial charge in [0.15, 0.2) is 5.76 Å². The molecule has 0 bridgehead atoms. The number of aromatic nitrogens is 5. The van der Waals surface area contributed by atoms with Gasteiger partial charge in [-0.3, -0.25) is 14.8 Å². The Morgan fingerprint density at radius 2 is 1.87 bits per heavy atom. The van der Waals surface area contributed by atoms with E-state index in [1.54, 1.807) is 35.0 Å². The zero-order chi connectivity index (χ0) is 21.3. The summed E-state index contributed by atoms with van der Waals surface area (Å²) in [6.45, 7) is 4.66. The lowest BCUT2D eigenvalue weighted by Crippen LogP contribution is -2.13. The molecule has 0 saturated carbocycles. The SMILES string of the molecule is Cc1cc(C)n(Cc2ccc(C(=O)Nc3ncn(Cc4c(Cl)cccc4Cl)n3)o2)n1. The monoisotopic (exact) mass is 444 g/mol. The number of hydrogen-bond donors (Lipinski definition) is 1. The molecule has 10 heteroatoms. The first-order valence-electron chi connectivity index (χ1n) is 9.12. The Balaban J connectivity index is 1.41. The second-order valence-electron chi connectivity index (χ2n) is 6.77. The number of aryl methyl sites for hydroxylation is 2. The van der Waals surface area contributed by atoms with Crippen molar-refractivity contribution < 1.29 is 9.21 Å². The predicted molar refractivity (Wildman–Crippen MR) is 113 cm³/mol. The van der Waals surface area contributed by atoms with Crippen molar-refractivity contribution in [2.75, 3.05) is 5.32 Å². The average molecular weight is 445 g/mol. The Morgan fingerprint density at radius 3 is 2.57 bits per heavy atom. The fraction of sp³-hybridized carbons (Fsp3) is 0.200. The first-order valence-corrected chi connectivity index (χ1v) is 9.88. The fourth-order valence-electron chi connectivity index (χ4n) is 3.00. The van der Waals surface area contributed by atoms with Gasteiger partial charge in [-0.25, -0.2) is 9.67 Å². The van der Waals surface area contributed by atoms with E-state index in [4.69, 9.17) is 27.6 Å². The highest BCUT2D eigenvalue weighted by Gasteiger charge is 2.15. The number of rotatable bonds is 6. The molecule has 0 atom stereocenters. The number of anilines is 1. The number of carbonyl (C=O) groups excluding carboxylic acids is 1. The molecule has 1 amide bonds. The number of nitrogens with one attached hydrogen (secondary N) is 1. The van der Waals surface area contributed by atoms with E-state index in [0.717, 1.165) is 17.0 Å². The molecule has 4 aromatic rings. The lowest BCUT2D eigenvalue weighted by Gasteiger charge is -2.06. The Kier molecular flexibility index (Phi) is 5.61. The summed E-state index contributed by atoms with van der Waals surface area (Å²) in [6, 6.07) is 10.6. The maximum atomic E-state index is 12.5. The Hall–Kier alpha value is -3.10. The van der Waals surface area contributed by atoms with Crippen LogP contribution >= 0.6 is 23.2 Å². The van der Waals surface area contributed by atoms with E-state index in [2.05, 4.69) is 20.5 Å². The molecule has 0 saturated heterocycles. The number of amides is 1. The van der Waals surface area contributed by atoms with Crippen molar-refractivity contribution in [2.45, 2.75) is 26.9 Å². The number of nitrogens with zero attached hydrogens (tertiary/aromatic N) is 5. The summed E-state index contributed by atoms with van der Waals surface area (Å²) in [5.41, 5.74) is 2.67. The lowest BCUT2D eigenvalue weighted by molar-refractivity contribution is 0.0993. The van der Waals surface area contributed by atoms with Gasteiger partial charge in [-0.2, -0.15) is 5.10 Å². The van der Waals surface area contributed by atoms with Crippen molar-refractivity contribution in [2.24, 2.45) is 0 Å². The summed E-state index contributed by atoms with van der Waals surface area (Å²) in [5, 5.41) is 12.3. The second kappa shape index (κ2) is 8.33. The molecule has 8 nitrogen and oxygen atoms in total. The number of furan rings is 1. The van der Waals surface area contributed by atoms with Gasteiger partial charge < -0.3 is 4.42 Å². The standard InChI is InChI=1S/C20H18Cl2N6O2/c1-12-8-13(2)28(25-12)9-14-6-7-18(30-14)19(29)24-20-23-11-27(26-20)10-15-16(21)4-3-5-17(15)22/h3-8,11H,9-10H2,1-2H3,(H,24,26,29). The molecule has 30 heavy (non-hydrogen) atoms. The molecule has 0 aliphatic heterocycles. The summed E-state index contributed by atoms with van der Waals surface area (Å²) in [5.74, 6) is 0.498. The zero-order valence-corrected chi connectivity index (χ0v) is 17.8. The second-order valence-corrected chi connectivity index (χ2v) is 7.59. The first-order chi connectivity index (χ1) is 14.4. The molecular formula is C20H18Cl2N6O2. The van der Waals surface area contributed by atoms with E-state index in [1.807, 2.05) is 24.6 Å². The molecule has 3 heterocycles. The molecule has 0 aliphatic rings. The van der Waals surface area contributed by atoms with E-state index in [0.29, 0.717) is 28.9 Å². The molecule has 0 unspecified atom stereocenters. The van der Waals surface area contributed by atoms with Gasteiger partial charge in [-0.1, -0.05) is 29.3 Å². The topological polar surface area (TPSA) is 90.8 Å². The highest BCUT2D eigenvalue weighted by Crippen LogP contribution is 2.25. The largest absolute Gasteiger partial charge is 0.454 e. The van der Waals surface area contributed by atoms with E-state index >= 15 is 0 Å². The summed E-state index contributed by atoms with van der Waals surface area (Å²) in [4.78, 5) is 16.6. The predicted octanol–water partition coefficient (Wildman–Crippen LogP) is 4.34. The van der Waals surface area contributed by atoms with Crippen molar-refractivity contribution in [3.63, 3.8) is 0 Å². The van der Waals surface area contributed by atoms with Crippen LogP contribution in [0.5, 0.6) is 0 Å². The average Bonchev–Trinajstić information content (AvgIpc) is 3.40. The van der Waals surface area contributed by atoms with Gasteiger partial charge in [-0.05, 0) is 44.2 Å². The quantitative estimate of drug-likeness (QED) is 0.477. The lowest BCUT2D eigenvalue weighted by atomic mass is 10.2. The third-order valence-corrected chi connectivity index (χ3v) is 5.15. The van der Waals surface area contributed by atoms with Crippen LogP contribution in [0.25, 0.3) is 0 Å². The molecule has 0 fully saturated rings. The number of hydrogen-bond acceptors (Lipinski definition) is 5. The maximum Gasteiger partial charge on any atom is 0.293 e. The molecule has 0 radical (unpaired) electrons. The van der Waals surface area contributed by atoms with Crippen molar-refractivity contribution in [1.82, 2.24) is 24.5 Å². The van der Waals surface area contributed by atoms with Crippen LogP contribution < -0.4 is 5.32 Å². The van der Waals surface area contributed by atoms with Gasteiger partial charge in [0.1, 0.15) is 12.1 Å². The van der Waals surface area contributed by atoms with Crippen molar-refractivity contribution in [3.05, 3.63) is 81.2 Å². The summed E-state index contributed by atoms with van der Waals surface area (Å²) in [7, 11) is 0. The minimum absolute atomic E-state index is 0.152. The molecule has 0 aliphatic carbocycles.